The van der Waals surface area contributed by atoms with Gasteiger partial charge in [-0.2, -0.15) is 0 Å². The SMILES string of the molecule is CCn1c(Cc2ccccc2)c(Sc2cc(Cl)cc(Cl)c2)n(C(C)C)c1=O. The summed E-state index contributed by atoms with van der Waals surface area (Å²) in [5.41, 5.74) is 2.21. The smallest absolute Gasteiger partial charge is 0.295 e. The number of hydrogen-bond acceptors (Lipinski definition) is 2. The van der Waals surface area contributed by atoms with E-state index in [1.54, 1.807) is 17.8 Å². The molecule has 0 bridgehead atoms. The van der Waals surface area contributed by atoms with Crippen molar-refractivity contribution in [1.82, 2.24) is 9.13 Å². The molecule has 27 heavy (non-hydrogen) atoms. The molecule has 0 atom stereocenters. The lowest BCUT2D eigenvalue weighted by molar-refractivity contribution is 0.528. The zero-order chi connectivity index (χ0) is 19.6. The van der Waals surface area contributed by atoms with Gasteiger partial charge >= 0.3 is 5.69 Å². The molecule has 0 aliphatic heterocycles. The predicted octanol–water partition coefficient (Wildman–Crippen LogP) is 6.30. The highest BCUT2D eigenvalue weighted by atomic mass is 35.5. The van der Waals surface area contributed by atoms with Gasteiger partial charge in [0.15, 0.2) is 0 Å². The first-order chi connectivity index (χ1) is 12.9. The number of nitrogens with zero attached hydrogens (tertiary/aromatic N) is 2. The van der Waals surface area contributed by atoms with E-state index in [0.717, 1.165) is 15.6 Å². The van der Waals surface area contributed by atoms with Crippen LogP contribution in [-0.4, -0.2) is 9.13 Å². The maximum atomic E-state index is 13.1. The zero-order valence-electron chi connectivity index (χ0n) is 15.6. The molecule has 1 aromatic heterocycles. The van der Waals surface area contributed by atoms with Crippen molar-refractivity contribution < 1.29 is 0 Å². The molecule has 0 N–H and O–H groups in total. The second-order valence-corrected chi connectivity index (χ2v) is 8.55. The first-order valence-corrected chi connectivity index (χ1v) is 10.5. The molecule has 142 valence electrons. The monoisotopic (exact) mass is 420 g/mol. The first-order valence-electron chi connectivity index (χ1n) is 8.92. The topological polar surface area (TPSA) is 26.9 Å². The van der Waals surface area contributed by atoms with Crippen molar-refractivity contribution in [2.75, 3.05) is 0 Å². The van der Waals surface area contributed by atoms with Crippen LogP contribution in [0, 0.1) is 0 Å². The molecule has 0 radical (unpaired) electrons. The molecule has 3 rings (SSSR count). The van der Waals surface area contributed by atoms with Crippen LogP contribution in [0.5, 0.6) is 0 Å². The largest absolute Gasteiger partial charge is 0.329 e. The molecule has 0 spiro atoms. The van der Waals surface area contributed by atoms with E-state index in [9.17, 15) is 4.79 Å². The van der Waals surface area contributed by atoms with E-state index in [2.05, 4.69) is 12.1 Å². The molecule has 0 aliphatic rings. The number of halogens is 2. The van der Waals surface area contributed by atoms with Crippen molar-refractivity contribution in [3.63, 3.8) is 0 Å². The van der Waals surface area contributed by atoms with Crippen LogP contribution in [0.2, 0.25) is 10.0 Å². The summed E-state index contributed by atoms with van der Waals surface area (Å²) in [7, 11) is 0. The minimum atomic E-state index is 0.0223. The summed E-state index contributed by atoms with van der Waals surface area (Å²) >= 11 is 13.9. The number of aromatic nitrogens is 2. The summed E-state index contributed by atoms with van der Waals surface area (Å²) in [5, 5.41) is 2.12. The Labute approximate surface area is 173 Å². The third-order valence-electron chi connectivity index (χ3n) is 4.33. The first kappa shape index (κ1) is 20.1. The van der Waals surface area contributed by atoms with Crippen LogP contribution in [0.15, 0.2) is 63.2 Å². The Morgan fingerprint density at radius 2 is 1.67 bits per heavy atom. The summed E-state index contributed by atoms with van der Waals surface area (Å²) in [5.74, 6) is 0. The number of hydrogen-bond donors (Lipinski definition) is 0. The van der Waals surface area contributed by atoms with Gasteiger partial charge in [-0.05, 0) is 44.5 Å². The van der Waals surface area contributed by atoms with Gasteiger partial charge in [0.05, 0.1) is 5.69 Å². The van der Waals surface area contributed by atoms with E-state index in [1.165, 1.54) is 5.56 Å². The van der Waals surface area contributed by atoms with Crippen molar-refractivity contribution in [1.29, 1.82) is 0 Å². The van der Waals surface area contributed by atoms with Gasteiger partial charge in [0.1, 0.15) is 5.03 Å². The second-order valence-electron chi connectivity index (χ2n) is 6.61. The van der Waals surface area contributed by atoms with Crippen molar-refractivity contribution in [3.05, 3.63) is 80.3 Å². The molecule has 0 aliphatic carbocycles. The Bertz CT molecular complexity index is 973. The summed E-state index contributed by atoms with van der Waals surface area (Å²) < 4.78 is 3.72. The maximum Gasteiger partial charge on any atom is 0.329 e. The van der Waals surface area contributed by atoms with Crippen LogP contribution in [0.1, 0.15) is 38.1 Å². The van der Waals surface area contributed by atoms with Gasteiger partial charge in [0.2, 0.25) is 0 Å². The van der Waals surface area contributed by atoms with E-state index in [4.69, 9.17) is 23.2 Å². The van der Waals surface area contributed by atoms with E-state index in [1.807, 2.05) is 60.2 Å². The predicted molar refractivity (Wildman–Crippen MR) is 115 cm³/mol. The molecule has 0 saturated heterocycles. The third-order valence-corrected chi connectivity index (χ3v) is 5.86. The molecule has 0 unspecified atom stereocenters. The fraction of sp³-hybridized carbons (Fsp3) is 0.286. The van der Waals surface area contributed by atoms with Crippen LogP contribution in [0.25, 0.3) is 0 Å². The molecule has 3 nitrogen and oxygen atoms in total. The number of imidazole rings is 1. The highest BCUT2D eigenvalue weighted by molar-refractivity contribution is 7.99. The molecular formula is C21H22Cl2N2OS. The van der Waals surface area contributed by atoms with Gasteiger partial charge in [-0.3, -0.25) is 9.13 Å². The molecule has 1 heterocycles. The van der Waals surface area contributed by atoms with Crippen molar-refractivity contribution in [2.45, 2.75) is 49.7 Å². The average Bonchev–Trinajstić information content (AvgIpc) is 2.86. The summed E-state index contributed by atoms with van der Waals surface area (Å²) in [6.07, 6.45) is 0.695. The lowest BCUT2D eigenvalue weighted by Gasteiger charge is -2.13. The van der Waals surface area contributed by atoms with Crippen LogP contribution < -0.4 is 5.69 Å². The maximum absolute atomic E-state index is 13.1. The highest BCUT2D eigenvalue weighted by Crippen LogP contribution is 2.35. The van der Waals surface area contributed by atoms with Crippen LogP contribution >= 0.6 is 35.0 Å². The Balaban J connectivity index is 2.15. The van der Waals surface area contributed by atoms with E-state index in [-0.39, 0.29) is 11.7 Å². The normalized spacial score (nSPS) is 11.3. The Morgan fingerprint density at radius 3 is 2.22 bits per heavy atom. The highest BCUT2D eigenvalue weighted by Gasteiger charge is 2.22. The molecule has 0 fully saturated rings. The number of benzene rings is 2. The fourth-order valence-electron chi connectivity index (χ4n) is 3.14. The van der Waals surface area contributed by atoms with Crippen LogP contribution in [0.3, 0.4) is 0 Å². The Kier molecular flexibility index (Phi) is 6.40. The van der Waals surface area contributed by atoms with Crippen LogP contribution in [0.4, 0.5) is 0 Å². The number of rotatable bonds is 6. The minimum absolute atomic E-state index is 0.0223. The van der Waals surface area contributed by atoms with Crippen molar-refractivity contribution in [2.24, 2.45) is 0 Å². The molecule has 0 saturated carbocycles. The average molecular weight is 421 g/mol. The minimum Gasteiger partial charge on any atom is -0.295 e. The zero-order valence-corrected chi connectivity index (χ0v) is 17.9. The summed E-state index contributed by atoms with van der Waals surface area (Å²) in [6.45, 7) is 6.70. The van der Waals surface area contributed by atoms with Gasteiger partial charge in [-0.1, -0.05) is 65.3 Å². The molecule has 6 heteroatoms. The Morgan fingerprint density at radius 1 is 1.04 bits per heavy atom. The summed E-state index contributed by atoms with van der Waals surface area (Å²) in [4.78, 5) is 14.0. The lowest BCUT2D eigenvalue weighted by Crippen LogP contribution is -2.26. The second kappa shape index (κ2) is 8.59. The quantitative estimate of drug-likeness (QED) is 0.467. The van der Waals surface area contributed by atoms with Gasteiger partial charge in [-0.15, -0.1) is 0 Å². The molecular weight excluding hydrogens is 399 g/mol. The van der Waals surface area contributed by atoms with Gasteiger partial charge in [0, 0.05) is 33.9 Å². The van der Waals surface area contributed by atoms with Gasteiger partial charge in [0.25, 0.3) is 0 Å². The molecule has 3 aromatic rings. The van der Waals surface area contributed by atoms with E-state index >= 15 is 0 Å². The molecule has 0 amide bonds. The van der Waals surface area contributed by atoms with E-state index < -0.39 is 0 Å². The third kappa shape index (κ3) is 4.45. The molecule has 2 aromatic carbocycles. The summed E-state index contributed by atoms with van der Waals surface area (Å²) in [6, 6.07) is 15.7. The van der Waals surface area contributed by atoms with Crippen molar-refractivity contribution in [3.8, 4) is 0 Å². The standard InChI is InChI=1S/C21H22Cl2N2OS/c1-4-24-19(10-15-8-6-5-7-9-15)20(25(14(2)3)21(24)26)27-18-12-16(22)11-17(23)13-18/h5-9,11-14H,4,10H2,1-3H3. The Hall–Kier alpha value is -1.62. The van der Waals surface area contributed by atoms with Gasteiger partial charge < -0.3 is 0 Å². The lowest BCUT2D eigenvalue weighted by atomic mass is 10.1. The fourth-order valence-corrected chi connectivity index (χ4v) is 5.07. The van der Waals surface area contributed by atoms with E-state index in [0.29, 0.717) is 23.0 Å². The van der Waals surface area contributed by atoms with Crippen LogP contribution in [-0.2, 0) is 13.0 Å². The van der Waals surface area contributed by atoms with Gasteiger partial charge in [-0.25, -0.2) is 4.79 Å². The van der Waals surface area contributed by atoms with Crippen molar-refractivity contribution >= 4 is 35.0 Å².